The lowest BCUT2D eigenvalue weighted by molar-refractivity contribution is -0.111. The first kappa shape index (κ1) is 21.1. The summed E-state index contributed by atoms with van der Waals surface area (Å²) in [6, 6.07) is 18.9. The molecule has 0 spiro atoms. The summed E-state index contributed by atoms with van der Waals surface area (Å²) in [5.41, 5.74) is 8.93. The minimum atomic E-state index is -3.80. The summed E-state index contributed by atoms with van der Waals surface area (Å²) in [4.78, 5) is 16.4. The number of aromatic nitrogens is 2. The molecular formula is C24H20N4O3S. The second-order valence-corrected chi connectivity index (χ2v) is 8.80. The number of para-hydroxylation sites is 2. The van der Waals surface area contributed by atoms with E-state index in [1.54, 1.807) is 67.0 Å². The van der Waals surface area contributed by atoms with Crippen LogP contribution < -0.4 is 11.1 Å². The van der Waals surface area contributed by atoms with Gasteiger partial charge in [-0.25, -0.2) is 12.4 Å². The minimum absolute atomic E-state index is 0.155. The third kappa shape index (κ3) is 4.60. The minimum Gasteiger partial charge on any atom is -0.397 e. The number of nitrogens with zero attached hydrogens (tertiary/aromatic N) is 2. The van der Waals surface area contributed by atoms with E-state index in [-0.39, 0.29) is 10.8 Å². The molecule has 0 aliphatic carbocycles. The molecule has 3 N–H and O–H groups in total. The molecule has 2 heterocycles. The first-order valence-corrected chi connectivity index (χ1v) is 11.1. The molecule has 0 aliphatic rings. The third-order valence-electron chi connectivity index (χ3n) is 4.74. The number of nitrogens with one attached hydrogen (secondary N) is 1. The monoisotopic (exact) mass is 444 g/mol. The number of pyridine rings is 1. The van der Waals surface area contributed by atoms with Crippen LogP contribution in [0.3, 0.4) is 0 Å². The summed E-state index contributed by atoms with van der Waals surface area (Å²) in [6.45, 7) is 0. The number of benzene rings is 2. The third-order valence-corrected chi connectivity index (χ3v) is 6.37. The zero-order valence-corrected chi connectivity index (χ0v) is 17.7. The number of carbonyl (C=O) groups is 1. The van der Waals surface area contributed by atoms with Crippen molar-refractivity contribution >= 4 is 33.4 Å². The van der Waals surface area contributed by atoms with Crippen LogP contribution in [0.15, 0.2) is 102 Å². The lowest BCUT2D eigenvalue weighted by Crippen LogP contribution is -2.11. The fraction of sp³-hybridized carbons (Fsp3) is 0. The van der Waals surface area contributed by atoms with E-state index in [1.165, 1.54) is 24.5 Å². The second-order valence-electron chi connectivity index (χ2n) is 6.96. The largest absolute Gasteiger partial charge is 0.397 e. The van der Waals surface area contributed by atoms with E-state index in [4.69, 9.17) is 5.73 Å². The van der Waals surface area contributed by atoms with Gasteiger partial charge < -0.3 is 11.1 Å². The van der Waals surface area contributed by atoms with Gasteiger partial charge in [0.2, 0.25) is 5.91 Å². The summed E-state index contributed by atoms with van der Waals surface area (Å²) >= 11 is 0. The Hall–Kier alpha value is -4.17. The average Bonchev–Trinajstić information content (AvgIpc) is 3.30. The molecule has 0 saturated carbocycles. The van der Waals surface area contributed by atoms with Crippen LogP contribution in [0.2, 0.25) is 0 Å². The van der Waals surface area contributed by atoms with Gasteiger partial charge >= 0.3 is 0 Å². The molecule has 0 radical (unpaired) electrons. The Bertz CT molecular complexity index is 1390. The standard InChI is InChI=1S/C24H20N4O3S/c25-22-8-1-2-9-23(22)27-24(29)11-10-18-12-14-28(17-18)32(30,31)21-7-3-5-19(15-21)20-6-4-13-26-16-20/h1-17H,25H2,(H,27,29). The van der Waals surface area contributed by atoms with Crippen LogP contribution in [0.1, 0.15) is 5.56 Å². The van der Waals surface area contributed by atoms with Crippen molar-refractivity contribution in [3.05, 3.63) is 103 Å². The van der Waals surface area contributed by atoms with Crippen molar-refractivity contribution in [3.8, 4) is 11.1 Å². The highest BCUT2D eigenvalue weighted by atomic mass is 32.2. The van der Waals surface area contributed by atoms with Gasteiger partial charge in [0, 0.05) is 36.4 Å². The van der Waals surface area contributed by atoms with Crippen LogP contribution in [-0.2, 0) is 14.8 Å². The Morgan fingerprint density at radius 2 is 1.81 bits per heavy atom. The van der Waals surface area contributed by atoms with Gasteiger partial charge in [-0.15, -0.1) is 0 Å². The number of anilines is 2. The van der Waals surface area contributed by atoms with Crippen molar-refractivity contribution in [3.63, 3.8) is 0 Å². The van der Waals surface area contributed by atoms with Crippen LogP contribution in [0.5, 0.6) is 0 Å². The Balaban J connectivity index is 1.52. The summed E-state index contributed by atoms with van der Waals surface area (Å²) < 4.78 is 27.3. The van der Waals surface area contributed by atoms with Crippen molar-refractivity contribution in [2.45, 2.75) is 4.90 Å². The maximum Gasteiger partial charge on any atom is 0.267 e. The van der Waals surface area contributed by atoms with Crippen molar-refractivity contribution < 1.29 is 13.2 Å². The van der Waals surface area contributed by atoms with Crippen molar-refractivity contribution in [2.24, 2.45) is 0 Å². The number of nitrogen functional groups attached to an aromatic ring is 1. The highest BCUT2D eigenvalue weighted by molar-refractivity contribution is 7.90. The lowest BCUT2D eigenvalue weighted by atomic mass is 10.1. The fourth-order valence-corrected chi connectivity index (χ4v) is 4.34. The molecule has 8 heteroatoms. The Labute approximate surface area is 185 Å². The molecule has 2 aromatic heterocycles. The zero-order chi connectivity index (χ0) is 22.6. The maximum atomic E-state index is 13.1. The zero-order valence-electron chi connectivity index (χ0n) is 16.9. The van der Waals surface area contributed by atoms with Crippen LogP contribution in [0.4, 0.5) is 11.4 Å². The van der Waals surface area contributed by atoms with Gasteiger partial charge in [0.1, 0.15) is 0 Å². The van der Waals surface area contributed by atoms with E-state index in [0.717, 1.165) is 15.1 Å². The van der Waals surface area contributed by atoms with Crippen molar-refractivity contribution in [1.29, 1.82) is 0 Å². The second kappa shape index (κ2) is 8.91. The SMILES string of the molecule is Nc1ccccc1NC(=O)C=Cc1ccn(S(=O)(=O)c2cccc(-c3cccnc3)c2)c1. The topological polar surface area (TPSA) is 107 Å². The highest BCUT2D eigenvalue weighted by Crippen LogP contribution is 2.23. The molecule has 0 bridgehead atoms. The van der Waals surface area contributed by atoms with Crippen LogP contribution in [0, 0.1) is 0 Å². The predicted octanol–water partition coefficient (Wildman–Crippen LogP) is 4.02. The van der Waals surface area contributed by atoms with Crippen LogP contribution in [-0.4, -0.2) is 23.3 Å². The quantitative estimate of drug-likeness (QED) is 0.345. The smallest absolute Gasteiger partial charge is 0.267 e. The van der Waals surface area contributed by atoms with Gasteiger partial charge in [-0.3, -0.25) is 9.78 Å². The molecule has 7 nitrogen and oxygen atoms in total. The molecule has 0 unspecified atom stereocenters. The molecule has 4 aromatic rings. The number of amides is 1. The molecule has 0 saturated heterocycles. The number of hydrogen-bond acceptors (Lipinski definition) is 5. The van der Waals surface area contributed by atoms with Crippen molar-refractivity contribution in [2.75, 3.05) is 11.1 Å². The van der Waals surface area contributed by atoms with Gasteiger partial charge in [0.05, 0.1) is 16.3 Å². The first-order valence-electron chi connectivity index (χ1n) is 9.71. The van der Waals surface area contributed by atoms with Gasteiger partial charge in [0.25, 0.3) is 10.0 Å². The van der Waals surface area contributed by atoms with E-state index in [1.807, 2.05) is 12.1 Å². The molecule has 0 atom stereocenters. The first-order chi connectivity index (χ1) is 15.4. The fourth-order valence-electron chi connectivity index (χ4n) is 3.09. The van der Waals surface area contributed by atoms with Gasteiger partial charge in [-0.05, 0) is 53.6 Å². The summed E-state index contributed by atoms with van der Waals surface area (Å²) in [5, 5.41) is 2.68. The molecule has 32 heavy (non-hydrogen) atoms. The number of carbonyl (C=O) groups excluding carboxylic acids is 1. The number of rotatable bonds is 6. The molecule has 0 aliphatic heterocycles. The van der Waals surface area contributed by atoms with E-state index in [0.29, 0.717) is 16.9 Å². The molecule has 2 aromatic carbocycles. The highest BCUT2D eigenvalue weighted by Gasteiger charge is 2.17. The molecule has 0 fully saturated rings. The maximum absolute atomic E-state index is 13.1. The Kier molecular flexibility index (Phi) is 5.87. The summed E-state index contributed by atoms with van der Waals surface area (Å²) in [7, 11) is -3.80. The number of hydrogen-bond donors (Lipinski definition) is 2. The van der Waals surface area contributed by atoms with Crippen LogP contribution in [0.25, 0.3) is 17.2 Å². The van der Waals surface area contributed by atoms with Crippen LogP contribution >= 0.6 is 0 Å². The molecular weight excluding hydrogens is 424 g/mol. The van der Waals surface area contributed by atoms with Crippen molar-refractivity contribution in [1.82, 2.24) is 8.96 Å². The van der Waals surface area contributed by atoms with Gasteiger partial charge in [-0.1, -0.05) is 30.3 Å². The Morgan fingerprint density at radius 3 is 2.59 bits per heavy atom. The molecule has 160 valence electrons. The molecule has 1 amide bonds. The lowest BCUT2D eigenvalue weighted by Gasteiger charge is -2.08. The molecule has 4 rings (SSSR count). The normalized spacial score (nSPS) is 11.5. The van der Waals surface area contributed by atoms with Gasteiger partial charge in [0.15, 0.2) is 0 Å². The Morgan fingerprint density at radius 1 is 1.00 bits per heavy atom. The van der Waals surface area contributed by atoms with E-state index < -0.39 is 10.0 Å². The average molecular weight is 445 g/mol. The van der Waals surface area contributed by atoms with E-state index in [9.17, 15) is 13.2 Å². The van der Waals surface area contributed by atoms with E-state index >= 15 is 0 Å². The predicted molar refractivity (Wildman–Crippen MR) is 125 cm³/mol. The summed E-state index contributed by atoms with van der Waals surface area (Å²) in [5.74, 6) is -0.373. The van der Waals surface area contributed by atoms with Gasteiger partial charge in [-0.2, -0.15) is 0 Å². The van der Waals surface area contributed by atoms with E-state index in [2.05, 4.69) is 10.3 Å². The summed E-state index contributed by atoms with van der Waals surface area (Å²) in [6.07, 6.45) is 9.09. The number of nitrogens with two attached hydrogens (primary N) is 1.